The van der Waals surface area contributed by atoms with E-state index in [2.05, 4.69) is 18.7 Å². The molecule has 0 amide bonds. The van der Waals surface area contributed by atoms with Gasteiger partial charge in [0, 0.05) is 24.3 Å². The van der Waals surface area contributed by atoms with E-state index in [1.165, 1.54) is 0 Å². The Bertz CT molecular complexity index is 693. The lowest BCUT2D eigenvalue weighted by Gasteiger charge is -2.27. The Morgan fingerprint density at radius 1 is 0.955 bits per heavy atom. The molecule has 0 unspecified atom stereocenters. The summed E-state index contributed by atoms with van der Waals surface area (Å²) >= 11 is 5.97. The van der Waals surface area contributed by atoms with Gasteiger partial charge in [-0.25, -0.2) is 0 Å². The molecular formula is C18H22ClNO2. The Balaban J connectivity index is 2.41. The molecule has 0 spiro atoms. The highest BCUT2D eigenvalue weighted by atomic mass is 35.5. The molecule has 0 fully saturated rings. The van der Waals surface area contributed by atoms with E-state index >= 15 is 0 Å². The minimum Gasteiger partial charge on any atom is -0.371 e. The molecule has 0 saturated carbocycles. The molecule has 3 nitrogen and oxygen atoms in total. The Kier molecular flexibility index (Phi) is 5.78. The van der Waals surface area contributed by atoms with Crippen LogP contribution in [-0.2, 0) is 0 Å². The van der Waals surface area contributed by atoms with E-state index in [9.17, 15) is 9.59 Å². The van der Waals surface area contributed by atoms with Gasteiger partial charge >= 0.3 is 0 Å². The van der Waals surface area contributed by atoms with Crippen LogP contribution in [0.1, 0.15) is 39.5 Å². The van der Waals surface area contributed by atoms with Gasteiger partial charge in [-0.1, -0.05) is 56.5 Å². The van der Waals surface area contributed by atoms with Crippen molar-refractivity contribution >= 4 is 17.3 Å². The summed E-state index contributed by atoms with van der Waals surface area (Å²) in [6.07, 6.45) is 4.42. The van der Waals surface area contributed by atoms with Crippen LogP contribution in [0.25, 0.3) is 11.1 Å². The van der Waals surface area contributed by atoms with Gasteiger partial charge in [-0.15, -0.1) is 0 Å². The van der Waals surface area contributed by atoms with Gasteiger partial charge in [0.05, 0.1) is 5.56 Å². The maximum atomic E-state index is 11.9. The Morgan fingerprint density at radius 3 is 2.09 bits per heavy atom. The van der Waals surface area contributed by atoms with E-state index < -0.39 is 10.9 Å². The summed E-state index contributed by atoms with van der Waals surface area (Å²) in [6.45, 7) is 6.22. The highest BCUT2D eigenvalue weighted by molar-refractivity contribution is 6.34. The molecule has 0 saturated heterocycles. The predicted octanol–water partition coefficient (Wildman–Crippen LogP) is 4.01. The van der Waals surface area contributed by atoms with Crippen LogP contribution in [0.4, 0.5) is 5.69 Å². The number of para-hydroxylation sites is 1. The van der Waals surface area contributed by atoms with Crippen molar-refractivity contribution in [3.05, 3.63) is 49.7 Å². The lowest BCUT2D eigenvalue weighted by atomic mass is 9.98. The minimum absolute atomic E-state index is 0.0726. The van der Waals surface area contributed by atoms with Crippen molar-refractivity contribution in [2.24, 2.45) is 0 Å². The average Bonchev–Trinajstić information content (AvgIpc) is 2.55. The summed E-state index contributed by atoms with van der Waals surface area (Å²) in [6, 6.07) is 7.73. The monoisotopic (exact) mass is 319 g/mol. The maximum absolute atomic E-state index is 11.9. The number of unbranched alkanes of at least 4 members (excludes halogenated alkanes) is 2. The molecule has 2 aromatic rings. The van der Waals surface area contributed by atoms with Crippen molar-refractivity contribution in [2.75, 3.05) is 18.0 Å². The zero-order valence-corrected chi connectivity index (χ0v) is 13.9. The summed E-state index contributed by atoms with van der Waals surface area (Å²) in [4.78, 5) is 25.6. The molecule has 0 aliphatic heterocycles. The third kappa shape index (κ3) is 3.25. The van der Waals surface area contributed by atoms with Gasteiger partial charge in [0.1, 0.15) is 5.02 Å². The fraction of sp³-hybridized carbons (Fsp3) is 0.444. The van der Waals surface area contributed by atoms with Gasteiger partial charge in [0.15, 0.2) is 0 Å². The lowest BCUT2D eigenvalue weighted by molar-refractivity contribution is 0.678. The van der Waals surface area contributed by atoms with Crippen LogP contribution in [0.2, 0.25) is 5.02 Å². The SMILES string of the molecule is CCCCN(CCCC)c1ccccc1-c1c(Cl)c(=O)c1=O. The molecule has 2 rings (SSSR count). The fourth-order valence-electron chi connectivity index (χ4n) is 2.62. The summed E-state index contributed by atoms with van der Waals surface area (Å²) in [5, 5.41) is 0.0726. The van der Waals surface area contributed by atoms with Crippen molar-refractivity contribution in [3.63, 3.8) is 0 Å². The smallest absolute Gasteiger partial charge is 0.245 e. The Labute approximate surface area is 136 Å². The van der Waals surface area contributed by atoms with E-state index in [-0.39, 0.29) is 5.02 Å². The topological polar surface area (TPSA) is 37.4 Å². The van der Waals surface area contributed by atoms with Crippen LogP contribution in [0.15, 0.2) is 33.9 Å². The molecule has 0 aliphatic carbocycles. The van der Waals surface area contributed by atoms with E-state index in [4.69, 9.17) is 11.6 Å². The van der Waals surface area contributed by atoms with Gasteiger partial charge in [-0.05, 0) is 18.9 Å². The highest BCUT2D eigenvalue weighted by Crippen LogP contribution is 2.33. The second-order valence-electron chi connectivity index (χ2n) is 5.56. The maximum Gasteiger partial charge on any atom is 0.245 e. The summed E-state index contributed by atoms with van der Waals surface area (Å²) in [7, 11) is 0. The Morgan fingerprint density at radius 2 is 1.55 bits per heavy atom. The molecule has 0 aromatic heterocycles. The van der Waals surface area contributed by atoms with E-state index in [1.54, 1.807) is 0 Å². The van der Waals surface area contributed by atoms with Crippen LogP contribution in [-0.4, -0.2) is 13.1 Å². The van der Waals surface area contributed by atoms with Gasteiger partial charge in [0.2, 0.25) is 10.9 Å². The third-order valence-corrected chi connectivity index (χ3v) is 4.29. The first-order chi connectivity index (χ1) is 10.6. The molecule has 2 aromatic carbocycles. The number of hydrogen-bond donors (Lipinski definition) is 0. The first kappa shape index (κ1) is 16.8. The van der Waals surface area contributed by atoms with Gasteiger partial charge in [0.25, 0.3) is 0 Å². The average molecular weight is 320 g/mol. The summed E-state index contributed by atoms with van der Waals surface area (Å²) in [5.74, 6) is 0. The number of benzene rings is 1. The molecule has 0 radical (unpaired) electrons. The lowest BCUT2D eigenvalue weighted by Crippen LogP contribution is -2.34. The van der Waals surface area contributed by atoms with Gasteiger partial charge in [-0.3, -0.25) is 9.59 Å². The molecule has 0 N–H and O–H groups in total. The van der Waals surface area contributed by atoms with Crippen LogP contribution >= 0.6 is 11.6 Å². The fourth-order valence-corrected chi connectivity index (χ4v) is 2.89. The van der Waals surface area contributed by atoms with E-state index in [1.807, 2.05) is 24.3 Å². The molecule has 0 bridgehead atoms. The highest BCUT2D eigenvalue weighted by Gasteiger charge is 2.23. The van der Waals surface area contributed by atoms with Crippen molar-refractivity contribution in [2.45, 2.75) is 39.5 Å². The molecule has 0 atom stereocenters. The quantitative estimate of drug-likeness (QED) is 0.690. The van der Waals surface area contributed by atoms with Crippen LogP contribution in [0.3, 0.4) is 0 Å². The number of hydrogen-bond acceptors (Lipinski definition) is 3. The molecular weight excluding hydrogens is 298 g/mol. The molecule has 118 valence electrons. The number of halogens is 1. The van der Waals surface area contributed by atoms with Crippen LogP contribution in [0, 0.1) is 0 Å². The minimum atomic E-state index is -0.569. The molecule has 4 heteroatoms. The third-order valence-electron chi connectivity index (χ3n) is 3.93. The van der Waals surface area contributed by atoms with Crippen molar-refractivity contribution in [3.8, 4) is 11.1 Å². The number of rotatable bonds is 8. The van der Waals surface area contributed by atoms with Gasteiger partial charge in [-0.2, -0.15) is 0 Å². The summed E-state index contributed by atoms with van der Waals surface area (Å²) in [5.41, 5.74) is 1.12. The van der Waals surface area contributed by atoms with Crippen LogP contribution < -0.4 is 15.8 Å². The van der Waals surface area contributed by atoms with Gasteiger partial charge < -0.3 is 4.90 Å². The molecule has 0 aliphatic rings. The zero-order valence-electron chi connectivity index (χ0n) is 13.2. The second-order valence-corrected chi connectivity index (χ2v) is 5.94. The normalized spacial score (nSPS) is 11.0. The second kappa shape index (κ2) is 7.59. The summed E-state index contributed by atoms with van der Waals surface area (Å²) < 4.78 is 0. The molecule has 22 heavy (non-hydrogen) atoms. The van der Waals surface area contributed by atoms with Crippen LogP contribution in [0.5, 0.6) is 0 Å². The zero-order chi connectivity index (χ0) is 16.1. The largest absolute Gasteiger partial charge is 0.371 e. The van der Waals surface area contributed by atoms with E-state index in [0.717, 1.165) is 50.0 Å². The Hall–Kier alpha value is -1.61. The molecule has 0 heterocycles. The van der Waals surface area contributed by atoms with Crippen molar-refractivity contribution in [1.29, 1.82) is 0 Å². The van der Waals surface area contributed by atoms with Crippen molar-refractivity contribution in [1.82, 2.24) is 0 Å². The number of anilines is 1. The van der Waals surface area contributed by atoms with E-state index in [0.29, 0.717) is 5.56 Å². The predicted molar refractivity (Wildman–Crippen MR) is 93.8 cm³/mol. The van der Waals surface area contributed by atoms with Crippen molar-refractivity contribution < 1.29 is 0 Å². The first-order valence-electron chi connectivity index (χ1n) is 7.94. The standard InChI is InChI=1S/C18H22ClNO2/c1-3-5-11-20(12-6-4-2)14-10-8-7-9-13(14)15-16(19)18(22)17(15)21/h7-10H,3-6,11-12H2,1-2H3. The first-order valence-corrected chi connectivity index (χ1v) is 8.32. The number of nitrogens with zero attached hydrogens (tertiary/aromatic N) is 1.